The fourth-order valence-corrected chi connectivity index (χ4v) is 4.95. The molecule has 0 radical (unpaired) electrons. The molecule has 212 valence electrons. The summed E-state index contributed by atoms with van der Waals surface area (Å²) < 4.78 is 64.6. The number of nitriles is 1. The predicted molar refractivity (Wildman–Crippen MR) is 150 cm³/mol. The average Bonchev–Trinajstić information content (AvgIpc) is 3.31. The molecule has 0 saturated carbocycles. The molecule has 4 aromatic rings. The van der Waals surface area contributed by atoms with Crippen LogP contribution in [0.1, 0.15) is 64.2 Å². The second kappa shape index (κ2) is 12.4. The summed E-state index contributed by atoms with van der Waals surface area (Å²) in [6, 6.07) is 13.5. The van der Waals surface area contributed by atoms with Crippen molar-refractivity contribution >= 4 is 17.0 Å². The van der Waals surface area contributed by atoms with Crippen LogP contribution in [0.25, 0.3) is 11.0 Å². The Kier molecular flexibility index (Phi) is 7.00. The zero-order chi connectivity index (χ0) is 32.5. The maximum absolute atomic E-state index is 14.5. The number of halogens is 1. The first-order valence-corrected chi connectivity index (χ1v) is 13.1. The SMILES string of the molecule is [2H]C([2H])(C)Oc1cc(C(=O)OC)cc2c1nc(CN1CCC(c3cccc(OC([2H])([2H])c4ccc(C#N)cc4F)n3)CC1)n2C. The molecular weight excluding hydrogens is 525 g/mol. The number of piperidine rings is 1. The van der Waals surface area contributed by atoms with Gasteiger partial charge in [0, 0.05) is 30.3 Å². The smallest absolute Gasteiger partial charge is 0.338 e. The standard InChI is InChI=1S/C31H32FN5O4/c1-4-40-27-16-23(31(38)39-3)15-26-30(27)35-28(36(26)2)18-37-12-10-21(11-13-37)25-6-5-7-29(34-25)41-19-22-9-8-20(17-33)14-24(22)32/h5-9,14-16,21H,4,10-13,18-19H2,1-3H3/i4D2,19D2. The molecule has 0 atom stereocenters. The molecule has 0 bridgehead atoms. The van der Waals surface area contributed by atoms with Gasteiger partial charge in [0.1, 0.15) is 29.5 Å². The highest BCUT2D eigenvalue weighted by Crippen LogP contribution is 2.31. The Morgan fingerprint density at radius 2 is 1.98 bits per heavy atom. The van der Waals surface area contributed by atoms with Gasteiger partial charge in [-0.15, -0.1) is 0 Å². The lowest BCUT2D eigenvalue weighted by Gasteiger charge is -2.31. The second-order valence-electron chi connectivity index (χ2n) is 9.69. The summed E-state index contributed by atoms with van der Waals surface area (Å²) in [7, 11) is 3.11. The fourth-order valence-electron chi connectivity index (χ4n) is 4.95. The minimum absolute atomic E-state index is 0.0317. The highest BCUT2D eigenvalue weighted by molar-refractivity contribution is 5.96. The number of carbonyl (C=O) groups is 1. The number of pyridine rings is 1. The number of nitrogens with zero attached hydrogens (tertiary/aromatic N) is 5. The summed E-state index contributed by atoms with van der Waals surface area (Å²) in [6.45, 7) is -1.24. The Hall–Kier alpha value is -4.49. The van der Waals surface area contributed by atoms with Crippen LogP contribution in [-0.4, -0.2) is 52.2 Å². The van der Waals surface area contributed by atoms with Gasteiger partial charge in [0.2, 0.25) is 5.88 Å². The molecule has 3 heterocycles. The van der Waals surface area contributed by atoms with Gasteiger partial charge in [-0.05, 0) is 63.2 Å². The van der Waals surface area contributed by atoms with Crippen LogP contribution in [0.2, 0.25) is 0 Å². The number of hydrogen-bond donors (Lipinski definition) is 0. The number of fused-ring (bicyclic) bond motifs is 1. The summed E-state index contributed by atoms with van der Waals surface area (Å²) in [5.74, 6) is -0.439. The first-order valence-electron chi connectivity index (χ1n) is 15.1. The maximum atomic E-state index is 14.5. The highest BCUT2D eigenvalue weighted by atomic mass is 19.1. The molecule has 41 heavy (non-hydrogen) atoms. The number of hydrogen-bond acceptors (Lipinski definition) is 8. The maximum Gasteiger partial charge on any atom is 0.338 e. The van der Waals surface area contributed by atoms with E-state index in [9.17, 15) is 9.18 Å². The van der Waals surface area contributed by atoms with Crippen molar-refractivity contribution in [3.05, 3.63) is 82.6 Å². The summed E-state index contributed by atoms with van der Waals surface area (Å²) >= 11 is 0. The van der Waals surface area contributed by atoms with E-state index >= 15 is 0 Å². The van der Waals surface area contributed by atoms with Crippen LogP contribution in [0, 0.1) is 17.1 Å². The number of benzene rings is 2. The first-order chi connectivity index (χ1) is 21.3. The zero-order valence-electron chi connectivity index (χ0n) is 27.0. The van der Waals surface area contributed by atoms with Gasteiger partial charge in [0.25, 0.3) is 0 Å². The highest BCUT2D eigenvalue weighted by Gasteiger charge is 2.24. The van der Waals surface area contributed by atoms with Crippen molar-refractivity contribution in [3.8, 4) is 17.7 Å². The number of likely N-dealkylation sites (tertiary alicyclic amines) is 1. The lowest BCUT2D eigenvalue weighted by molar-refractivity contribution is 0.0600. The molecule has 2 aromatic carbocycles. The van der Waals surface area contributed by atoms with Gasteiger partial charge in [-0.3, -0.25) is 4.90 Å². The van der Waals surface area contributed by atoms with Crippen molar-refractivity contribution in [1.82, 2.24) is 19.4 Å². The molecule has 5 rings (SSSR count). The van der Waals surface area contributed by atoms with Gasteiger partial charge in [0.05, 0.1) is 48.4 Å². The first kappa shape index (κ1) is 23.2. The van der Waals surface area contributed by atoms with Crippen LogP contribution in [0.5, 0.6) is 11.6 Å². The van der Waals surface area contributed by atoms with Crippen LogP contribution in [0.3, 0.4) is 0 Å². The molecule has 2 aromatic heterocycles. The molecule has 0 unspecified atom stereocenters. The molecular formula is C31H32FN5O4. The summed E-state index contributed by atoms with van der Waals surface area (Å²) in [5, 5.41) is 8.97. The molecule has 1 aliphatic rings. The molecule has 0 N–H and O–H groups in total. The van der Waals surface area contributed by atoms with E-state index < -0.39 is 24.9 Å². The summed E-state index contributed by atoms with van der Waals surface area (Å²) in [5.41, 5.74) is 1.80. The number of ether oxygens (including phenoxy) is 3. The lowest BCUT2D eigenvalue weighted by atomic mass is 9.93. The van der Waals surface area contributed by atoms with E-state index in [1.165, 1.54) is 38.3 Å². The van der Waals surface area contributed by atoms with Gasteiger partial charge in [0.15, 0.2) is 0 Å². The van der Waals surface area contributed by atoms with Crippen LogP contribution >= 0.6 is 0 Å². The van der Waals surface area contributed by atoms with Gasteiger partial charge < -0.3 is 18.8 Å². The van der Waals surface area contributed by atoms with Crippen LogP contribution < -0.4 is 9.47 Å². The number of methoxy groups -OCH3 is 1. The van der Waals surface area contributed by atoms with Crippen LogP contribution in [-0.2, 0) is 24.9 Å². The lowest BCUT2D eigenvalue weighted by Crippen LogP contribution is -2.33. The molecule has 1 fully saturated rings. The Morgan fingerprint density at radius 1 is 1.17 bits per heavy atom. The van der Waals surface area contributed by atoms with E-state index in [-0.39, 0.29) is 34.2 Å². The molecule has 10 heteroatoms. The number of rotatable bonds is 9. The van der Waals surface area contributed by atoms with Crippen molar-refractivity contribution in [1.29, 1.82) is 5.26 Å². The van der Waals surface area contributed by atoms with E-state index in [2.05, 4.69) is 9.88 Å². The average molecular weight is 562 g/mol. The van der Waals surface area contributed by atoms with Gasteiger partial charge in [-0.1, -0.05) is 12.1 Å². The largest absolute Gasteiger partial charge is 0.492 e. The van der Waals surface area contributed by atoms with Gasteiger partial charge >= 0.3 is 5.97 Å². The molecule has 1 saturated heterocycles. The predicted octanol–water partition coefficient (Wildman–Crippen LogP) is 5.12. The van der Waals surface area contributed by atoms with Crippen molar-refractivity contribution in [2.45, 2.75) is 38.8 Å². The number of imidazole rings is 1. The molecule has 0 spiro atoms. The van der Waals surface area contributed by atoms with Crippen LogP contribution in [0.4, 0.5) is 4.39 Å². The van der Waals surface area contributed by atoms with Crippen molar-refractivity contribution < 1.29 is 28.9 Å². The van der Waals surface area contributed by atoms with E-state index in [4.69, 9.17) is 29.9 Å². The molecule has 9 nitrogen and oxygen atoms in total. The number of carbonyl (C=O) groups excluding carboxylic acids is 1. The Morgan fingerprint density at radius 3 is 2.68 bits per heavy atom. The quantitative estimate of drug-likeness (QED) is 0.260. The number of aryl methyl sites for hydroxylation is 1. The van der Waals surface area contributed by atoms with Gasteiger partial charge in [-0.25, -0.2) is 19.2 Å². The summed E-state index contributed by atoms with van der Waals surface area (Å²) in [4.78, 5) is 23.8. The summed E-state index contributed by atoms with van der Waals surface area (Å²) in [6.07, 6.45) is 1.54. The number of esters is 1. The molecule has 0 amide bonds. The van der Waals surface area contributed by atoms with Crippen LogP contribution in [0.15, 0.2) is 48.5 Å². The van der Waals surface area contributed by atoms with E-state index in [0.29, 0.717) is 17.6 Å². The molecule has 1 aliphatic heterocycles. The molecule has 0 aliphatic carbocycles. The van der Waals surface area contributed by atoms with Crippen molar-refractivity contribution in [3.63, 3.8) is 0 Å². The third kappa shape index (κ3) is 6.15. The third-order valence-corrected chi connectivity index (χ3v) is 7.16. The zero-order valence-corrected chi connectivity index (χ0v) is 23.0. The van der Waals surface area contributed by atoms with Crippen molar-refractivity contribution in [2.24, 2.45) is 7.05 Å². The van der Waals surface area contributed by atoms with E-state index in [0.717, 1.165) is 43.5 Å². The fraction of sp³-hybridized carbons (Fsp3) is 0.355. The van der Waals surface area contributed by atoms with Gasteiger partial charge in [-0.2, -0.15) is 5.26 Å². The van der Waals surface area contributed by atoms with E-state index in [1.807, 2.05) is 23.8 Å². The Balaban J connectivity index is 1.28. The third-order valence-electron chi connectivity index (χ3n) is 7.16. The second-order valence-corrected chi connectivity index (χ2v) is 9.69. The Bertz CT molecular complexity index is 1780. The van der Waals surface area contributed by atoms with E-state index in [1.54, 1.807) is 12.1 Å². The minimum Gasteiger partial charge on any atom is -0.492 e. The van der Waals surface area contributed by atoms with Crippen molar-refractivity contribution in [2.75, 3.05) is 26.8 Å². The topological polar surface area (TPSA) is 102 Å². The minimum atomic E-state index is -2.50. The normalized spacial score (nSPS) is 16.3. The Labute approximate surface area is 243 Å². The number of aromatic nitrogens is 3. The monoisotopic (exact) mass is 561 g/mol.